The maximum Gasteiger partial charge on any atom is 0.162 e. The lowest BCUT2D eigenvalue weighted by atomic mass is 10.1. The first-order valence-corrected chi connectivity index (χ1v) is 7.24. The Morgan fingerprint density at radius 2 is 2.19 bits per heavy atom. The minimum atomic E-state index is 0.241. The molecule has 3 rings (SSSR count). The van der Waals surface area contributed by atoms with Gasteiger partial charge in [-0.2, -0.15) is 0 Å². The topological polar surface area (TPSA) is 50.5 Å². The average Bonchev–Trinajstić information content (AvgIpc) is 3.25. The Hall–Kier alpha value is -2.01. The molecule has 5 nitrogen and oxygen atoms in total. The van der Waals surface area contributed by atoms with Crippen LogP contribution in [0.1, 0.15) is 24.2 Å². The van der Waals surface area contributed by atoms with Gasteiger partial charge >= 0.3 is 0 Å². The monoisotopic (exact) mass is 287 g/mol. The lowest BCUT2D eigenvalue weighted by Crippen LogP contribution is -2.26. The standard InChI is InChI=1S/C16H21N3O2/c1-18-9-8-17-15(18)11-19(13-6-7-13)10-12-4-3-5-14(21-2)16(12)20/h3-5,8-9,13,20H,6-7,10-11H2,1-2H3. The normalized spacial score (nSPS) is 14.6. The summed E-state index contributed by atoms with van der Waals surface area (Å²) < 4.78 is 7.23. The summed E-state index contributed by atoms with van der Waals surface area (Å²) in [7, 11) is 3.59. The molecule has 0 amide bonds. The van der Waals surface area contributed by atoms with E-state index in [9.17, 15) is 5.11 Å². The molecule has 1 heterocycles. The smallest absolute Gasteiger partial charge is 0.162 e. The molecular formula is C16H21N3O2. The van der Waals surface area contributed by atoms with E-state index in [0.29, 0.717) is 18.3 Å². The number of aryl methyl sites for hydroxylation is 1. The van der Waals surface area contributed by atoms with E-state index in [-0.39, 0.29) is 5.75 Å². The number of imidazole rings is 1. The second-order valence-electron chi connectivity index (χ2n) is 5.56. The predicted octanol–water partition coefficient (Wildman–Crippen LogP) is 2.30. The van der Waals surface area contributed by atoms with Crippen molar-refractivity contribution in [3.8, 4) is 11.5 Å². The molecule has 1 saturated carbocycles. The van der Waals surface area contributed by atoms with Gasteiger partial charge in [-0.25, -0.2) is 4.98 Å². The van der Waals surface area contributed by atoms with Crippen LogP contribution in [0, 0.1) is 0 Å². The fourth-order valence-electron chi connectivity index (χ4n) is 2.56. The van der Waals surface area contributed by atoms with Crippen LogP contribution in [-0.4, -0.2) is 32.7 Å². The number of para-hydroxylation sites is 1. The zero-order valence-electron chi connectivity index (χ0n) is 12.5. The molecule has 1 aliphatic rings. The van der Waals surface area contributed by atoms with Crippen molar-refractivity contribution >= 4 is 0 Å². The van der Waals surface area contributed by atoms with Crippen molar-refractivity contribution in [2.24, 2.45) is 7.05 Å². The van der Waals surface area contributed by atoms with Crippen LogP contribution >= 0.6 is 0 Å². The SMILES string of the molecule is COc1cccc(CN(Cc2nccn2C)C2CC2)c1O. The molecule has 5 heteroatoms. The molecule has 1 aromatic heterocycles. The summed E-state index contributed by atoms with van der Waals surface area (Å²) in [5.74, 6) is 1.81. The summed E-state index contributed by atoms with van der Waals surface area (Å²) in [5, 5.41) is 10.2. The Balaban J connectivity index is 1.78. The average molecular weight is 287 g/mol. The van der Waals surface area contributed by atoms with Gasteiger partial charge in [-0.15, -0.1) is 0 Å². The number of hydrogen-bond donors (Lipinski definition) is 1. The number of methoxy groups -OCH3 is 1. The molecule has 1 aliphatic carbocycles. The van der Waals surface area contributed by atoms with E-state index in [4.69, 9.17) is 4.74 Å². The van der Waals surface area contributed by atoms with Crippen molar-refractivity contribution in [2.75, 3.05) is 7.11 Å². The lowest BCUT2D eigenvalue weighted by Gasteiger charge is -2.22. The minimum absolute atomic E-state index is 0.241. The lowest BCUT2D eigenvalue weighted by molar-refractivity contribution is 0.233. The van der Waals surface area contributed by atoms with Gasteiger partial charge in [0.1, 0.15) is 5.82 Å². The van der Waals surface area contributed by atoms with Crippen LogP contribution in [0.5, 0.6) is 11.5 Å². The molecule has 1 aromatic carbocycles. The van der Waals surface area contributed by atoms with Gasteiger partial charge in [-0.1, -0.05) is 12.1 Å². The van der Waals surface area contributed by atoms with Crippen LogP contribution in [0.2, 0.25) is 0 Å². The number of nitrogens with zero attached hydrogens (tertiary/aromatic N) is 3. The van der Waals surface area contributed by atoms with Gasteiger partial charge in [-0.3, -0.25) is 4.90 Å². The highest BCUT2D eigenvalue weighted by molar-refractivity contribution is 5.45. The Labute approximate surface area is 124 Å². The number of aromatic nitrogens is 2. The molecule has 1 fully saturated rings. The maximum atomic E-state index is 10.2. The van der Waals surface area contributed by atoms with E-state index in [1.807, 2.05) is 36.1 Å². The fraction of sp³-hybridized carbons (Fsp3) is 0.438. The second-order valence-corrected chi connectivity index (χ2v) is 5.56. The van der Waals surface area contributed by atoms with Crippen LogP contribution in [0.3, 0.4) is 0 Å². The molecule has 21 heavy (non-hydrogen) atoms. The van der Waals surface area contributed by atoms with Crippen molar-refractivity contribution in [2.45, 2.75) is 32.0 Å². The van der Waals surface area contributed by atoms with E-state index < -0.39 is 0 Å². The molecule has 0 atom stereocenters. The van der Waals surface area contributed by atoms with E-state index in [2.05, 4.69) is 9.88 Å². The molecule has 0 bridgehead atoms. The summed E-state index contributed by atoms with van der Waals surface area (Å²) in [6.07, 6.45) is 6.22. The third-order valence-electron chi connectivity index (χ3n) is 4.00. The van der Waals surface area contributed by atoms with Gasteiger partial charge in [0, 0.05) is 37.6 Å². The number of rotatable bonds is 6. The molecule has 1 N–H and O–H groups in total. The Kier molecular flexibility index (Phi) is 3.84. The highest BCUT2D eigenvalue weighted by atomic mass is 16.5. The van der Waals surface area contributed by atoms with Crippen molar-refractivity contribution in [3.63, 3.8) is 0 Å². The fourth-order valence-corrected chi connectivity index (χ4v) is 2.56. The van der Waals surface area contributed by atoms with E-state index in [1.54, 1.807) is 13.2 Å². The van der Waals surface area contributed by atoms with Crippen LogP contribution in [0.4, 0.5) is 0 Å². The number of aromatic hydroxyl groups is 1. The molecule has 0 unspecified atom stereocenters. The first-order valence-electron chi connectivity index (χ1n) is 7.24. The minimum Gasteiger partial charge on any atom is -0.504 e. The third kappa shape index (κ3) is 3.03. The van der Waals surface area contributed by atoms with Gasteiger partial charge in [0.25, 0.3) is 0 Å². The zero-order valence-corrected chi connectivity index (χ0v) is 12.5. The van der Waals surface area contributed by atoms with Gasteiger partial charge in [0.15, 0.2) is 11.5 Å². The summed E-state index contributed by atoms with van der Waals surface area (Å²) in [5.41, 5.74) is 0.899. The van der Waals surface area contributed by atoms with Crippen LogP contribution in [0.25, 0.3) is 0 Å². The number of phenols is 1. The maximum absolute atomic E-state index is 10.2. The number of hydrogen-bond acceptors (Lipinski definition) is 4. The second kappa shape index (κ2) is 5.77. The predicted molar refractivity (Wildman–Crippen MR) is 80.1 cm³/mol. The highest BCUT2D eigenvalue weighted by Gasteiger charge is 2.30. The molecule has 0 spiro atoms. The summed E-state index contributed by atoms with van der Waals surface area (Å²) >= 11 is 0. The van der Waals surface area contributed by atoms with Crippen molar-refractivity contribution in [3.05, 3.63) is 42.0 Å². The van der Waals surface area contributed by atoms with E-state index in [0.717, 1.165) is 17.9 Å². The molecule has 2 aromatic rings. The summed E-state index contributed by atoms with van der Waals surface area (Å²) in [4.78, 5) is 6.77. The molecule has 112 valence electrons. The quantitative estimate of drug-likeness (QED) is 0.885. The van der Waals surface area contributed by atoms with Crippen LogP contribution < -0.4 is 4.74 Å². The largest absolute Gasteiger partial charge is 0.504 e. The molecule has 0 radical (unpaired) electrons. The Morgan fingerprint density at radius 1 is 1.38 bits per heavy atom. The zero-order chi connectivity index (χ0) is 14.8. The first-order chi connectivity index (χ1) is 10.2. The molecule has 0 aliphatic heterocycles. The first kappa shape index (κ1) is 13.9. The van der Waals surface area contributed by atoms with Crippen molar-refractivity contribution in [1.82, 2.24) is 14.5 Å². The molecular weight excluding hydrogens is 266 g/mol. The number of phenolic OH excluding ortho intramolecular Hbond substituents is 1. The van der Waals surface area contributed by atoms with Gasteiger partial charge < -0.3 is 14.4 Å². The molecule has 0 saturated heterocycles. The van der Waals surface area contributed by atoms with Gasteiger partial charge in [0.05, 0.1) is 13.7 Å². The summed E-state index contributed by atoms with van der Waals surface area (Å²) in [6.45, 7) is 1.51. The van der Waals surface area contributed by atoms with Gasteiger partial charge in [0.2, 0.25) is 0 Å². The Morgan fingerprint density at radius 3 is 2.81 bits per heavy atom. The summed E-state index contributed by atoms with van der Waals surface area (Å²) in [6, 6.07) is 6.23. The van der Waals surface area contributed by atoms with Crippen molar-refractivity contribution in [1.29, 1.82) is 0 Å². The van der Waals surface area contributed by atoms with E-state index >= 15 is 0 Å². The van der Waals surface area contributed by atoms with Crippen LogP contribution in [-0.2, 0) is 20.1 Å². The van der Waals surface area contributed by atoms with Crippen molar-refractivity contribution < 1.29 is 9.84 Å². The van der Waals surface area contributed by atoms with Gasteiger partial charge in [-0.05, 0) is 18.9 Å². The highest BCUT2D eigenvalue weighted by Crippen LogP contribution is 2.34. The van der Waals surface area contributed by atoms with Crippen LogP contribution in [0.15, 0.2) is 30.6 Å². The number of ether oxygens (including phenoxy) is 1. The van der Waals surface area contributed by atoms with E-state index in [1.165, 1.54) is 12.8 Å². The number of benzene rings is 1. The third-order valence-corrected chi connectivity index (χ3v) is 4.00. The Bertz CT molecular complexity index is 620.